The molecule has 0 bridgehead atoms. The average Bonchev–Trinajstić information content (AvgIpc) is 3.83. The van der Waals surface area contributed by atoms with Gasteiger partial charge in [-0.3, -0.25) is 0 Å². The van der Waals surface area contributed by atoms with Gasteiger partial charge >= 0.3 is 11.9 Å². The van der Waals surface area contributed by atoms with Crippen molar-refractivity contribution < 1.29 is 38.9 Å². The maximum atomic E-state index is 13.6. The van der Waals surface area contributed by atoms with Crippen LogP contribution in [-0.2, 0) is 63.3 Å². The third kappa shape index (κ3) is 11.3. The zero-order chi connectivity index (χ0) is 37.6. The van der Waals surface area contributed by atoms with Crippen LogP contribution in [0, 0.1) is 20.2 Å². The summed E-state index contributed by atoms with van der Waals surface area (Å²) in [6, 6.07) is 24.4. The van der Waals surface area contributed by atoms with E-state index in [9.17, 15) is 29.8 Å². The van der Waals surface area contributed by atoms with Gasteiger partial charge in [-0.2, -0.15) is 0 Å². The van der Waals surface area contributed by atoms with Crippen LogP contribution in [0.25, 0.3) is 11.6 Å². The third-order valence-corrected chi connectivity index (χ3v) is 8.85. The molecule has 0 atom stereocenters. The molecule has 0 radical (unpaired) electrons. The van der Waals surface area contributed by atoms with E-state index in [1.54, 1.807) is 72.9 Å². The fourth-order valence-electron chi connectivity index (χ4n) is 5.33. The Kier molecular flexibility index (Phi) is 13.4. The fraction of sp³-hybridized carbons (Fsp3) is 0.237. The number of carbonyl (C=O) groups excluding carboxylic acids is 2. The van der Waals surface area contributed by atoms with Crippen molar-refractivity contribution in [1.29, 1.82) is 0 Å². The molecule has 15 heteroatoms. The largest absolute Gasteiger partial charge is 0.457 e. The number of esters is 2. The highest BCUT2D eigenvalue weighted by Crippen LogP contribution is 2.26. The molecule has 5 aromatic rings. The minimum absolute atomic E-state index is 0.0152. The topological polar surface area (TPSA) is 175 Å². The summed E-state index contributed by atoms with van der Waals surface area (Å²) in [4.78, 5) is 61.8. The summed E-state index contributed by atoms with van der Waals surface area (Å²) in [7, 11) is 0. The van der Waals surface area contributed by atoms with Crippen LogP contribution in [0.5, 0.6) is 0 Å². The molecule has 0 fully saturated rings. The quantitative estimate of drug-likeness (QED) is 0.0357. The van der Waals surface area contributed by atoms with E-state index in [4.69, 9.17) is 14.5 Å². The highest BCUT2D eigenvalue weighted by molar-refractivity contribution is 7.11. The number of aromatic nitrogens is 2. The lowest BCUT2D eigenvalue weighted by Gasteiger charge is -2.13. The van der Waals surface area contributed by atoms with Crippen LogP contribution in [0.2, 0.25) is 0 Å². The van der Waals surface area contributed by atoms with Crippen molar-refractivity contribution in [3.05, 3.63) is 167 Å². The number of hydrogen-bond donors (Lipinski definition) is 0. The number of imidazole rings is 1. The molecule has 14 nitrogen and oxygen atoms in total. The zero-order valence-corrected chi connectivity index (χ0v) is 29.6. The minimum atomic E-state index is -0.862. The lowest BCUT2D eigenvalue weighted by atomic mass is 10.1. The molecule has 0 unspecified atom stereocenters. The summed E-state index contributed by atoms with van der Waals surface area (Å²) in [6.45, 7) is 2.04. The van der Waals surface area contributed by atoms with Gasteiger partial charge in [0.05, 0.1) is 23.0 Å². The number of thiophene rings is 1. The van der Waals surface area contributed by atoms with E-state index < -0.39 is 22.1 Å². The lowest BCUT2D eigenvalue weighted by molar-refractivity contribution is -0.763. The average molecular weight is 741 g/mol. The van der Waals surface area contributed by atoms with Gasteiger partial charge in [0, 0.05) is 17.8 Å². The van der Waals surface area contributed by atoms with Gasteiger partial charge < -0.3 is 23.7 Å². The standard InChI is InChI=1S/C38H36N4O10S/c1-2-3-12-36-39-21-33(20-34(35-11-6-17-53-35)38(44)50-24-29-8-5-10-31(19-29)26-52-42(47)48)40(36)22-27-13-15-32(16-14-27)37(43)49-23-28-7-4-9-30(18-28)25-51-41(45)46/h4-11,13-21H,2-3,12,22-26H2,1H3/b34-20+. The monoisotopic (exact) mass is 740 g/mol. The molecule has 274 valence electrons. The van der Waals surface area contributed by atoms with Crippen LogP contribution < -0.4 is 0 Å². The number of rotatable bonds is 19. The van der Waals surface area contributed by atoms with E-state index in [0.29, 0.717) is 50.5 Å². The molecule has 0 saturated heterocycles. The van der Waals surface area contributed by atoms with Crippen molar-refractivity contribution in [3.8, 4) is 0 Å². The number of ether oxygens (including phenoxy) is 2. The molecule has 53 heavy (non-hydrogen) atoms. The van der Waals surface area contributed by atoms with Crippen molar-refractivity contribution in [1.82, 2.24) is 9.55 Å². The summed E-state index contributed by atoms with van der Waals surface area (Å²) >= 11 is 1.40. The molecular weight excluding hydrogens is 705 g/mol. The molecule has 0 aliphatic rings. The third-order valence-electron chi connectivity index (χ3n) is 7.95. The van der Waals surface area contributed by atoms with Crippen LogP contribution in [0.15, 0.2) is 96.5 Å². The van der Waals surface area contributed by atoms with Gasteiger partial charge in [-0.15, -0.1) is 31.6 Å². The first-order valence-corrected chi connectivity index (χ1v) is 17.5. The number of aryl methyl sites for hydroxylation is 1. The highest BCUT2D eigenvalue weighted by Gasteiger charge is 2.19. The van der Waals surface area contributed by atoms with Gasteiger partial charge in [-0.25, -0.2) is 14.6 Å². The van der Waals surface area contributed by atoms with Crippen LogP contribution >= 0.6 is 11.3 Å². The van der Waals surface area contributed by atoms with Crippen molar-refractivity contribution in [2.75, 3.05) is 0 Å². The summed E-state index contributed by atoms with van der Waals surface area (Å²) in [5.41, 5.74) is 4.78. The number of nitrogens with zero attached hydrogens (tertiary/aromatic N) is 4. The fourth-order valence-corrected chi connectivity index (χ4v) is 6.06. The molecule has 0 aliphatic carbocycles. The summed E-state index contributed by atoms with van der Waals surface area (Å²) in [5, 5.41) is 21.3. The van der Waals surface area contributed by atoms with E-state index in [2.05, 4.69) is 16.6 Å². The molecule has 0 N–H and O–H groups in total. The molecule has 0 amide bonds. The van der Waals surface area contributed by atoms with Crippen molar-refractivity contribution >= 4 is 34.9 Å². The van der Waals surface area contributed by atoms with E-state index in [0.717, 1.165) is 30.7 Å². The summed E-state index contributed by atoms with van der Waals surface area (Å²) < 4.78 is 13.3. The van der Waals surface area contributed by atoms with Crippen LogP contribution in [0.3, 0.4) is 0 Å². The molecular formula is C38H36N4O10S. The van der Waals surface area contributed by atoms with E-state index in [1.807, 2.05) is 34.2 Å². The van der Waals surface area contributed by atoms with Gasteiger partial charge in [-0.1, -0.05) is 80.1 Å². The first-order valence-electron chi connectivity index (χ1n) is 16.6. The second-order valence-electron chi connectivity index (χ2n) is 11.8. The first-order chi connectivity index (χ1) is 25.7. The number of unbranched alkanes of at least 4 members (excludes halogenated alkanes) is 1. The predicted octanol–water partition coefficient (Wildman–Crippen LogP) is 7.39. The van der Waals surface area contributed by atoms with Crippen molar-refractivity contribution in [3.63, 3.8) is 0 Å². The Balaban J connectivity index is 1.30. The van der Waals surface area contributed by atoms with Crippen molar-refractivity contribution in [2.24, 2.45) is 0 Å². The predicted molar refractivity (Wildman–Crippen MR) is 194 cm³/mol. The summed E-state index contributed by atoms with van der Waals surface area (Å²) in [5.74, 6) is -0.212. The van der Waals surface area contributed by atoms with Gasteiger partial charge in [0.2, 0.25) is 0 Å². The minimum Gasteiger partial charge on any atom is -0.457 e. The van der Waals surface area contributed by atoms with Gasteiger partial charge in [-0.05, 0) is 63.9 Å². The van der Waals surface area contributed by atoms with E-state index >= 15 is 0 Å². The maximum Gasteiger partial charge on any atom is 0.339 e. The molecule has 2 heterocycles. The second-order valence-corrected chi connectivity index (χ2v) is 12.8. The Morgan fingerprint density at radius 2 is 1.40 bits per heavy atom. The van der Waals surface area contributed by atoms with E-state index in [-0.39, 0.29) is 26.4 Å². The van der Waals surface area contributed by atoms with Gasteiger partial charge in [0.1, 0.15) is 32.3 Å². The van der Waals surface area contributed by atoms with Gasteiger partial charge in [0.25, 0.3) is 10.2 Å². The molecule has 0 aliphatic heterocycles. The smallest absolute Gasteiger partial charge is 0.339 e. The molecule has 5 rings (SSSR count). The molecule has 0 saturated carbocycles. The molecule has 3 aromatic carbocycles. The van der Waals surface area contributed by atoms with Gasteiger partial charge in [0.15, 0.2) is 0 Å². The number of carbonyl (C=O) groups is 2. The maximum absolute atomic E-state index is 13.6. The summed E-state index contributed by atoms with van der Waals surface area (Å²) in [6.07, 6.45) is 6.11. The Labute approximate surface area is 308 Å². The number of benzene rings is 3. The second kappa shape index (κ2) is 18.8. The van der Waals surface area contributed by atoms with E-state index in [1.165, 1.54) is 11.3 Å². The number of hydrogen-bond acceptors (Lipinski definition) is 12. The lowest BCUT2D eigenvalue weighted by Crippen LogP contribution is -2.10. The SMILES string of the molecule is CCCCc1ncc(/C=C(/C(=O)OCc2cccc(CO[N+](=O)[O-])c2)c2cccs2)n1Cc1ccc(C(=O)OCc2cccc(CO[N+](=O)[O-])c2)cc1. The van der Waals surface area contributed by atoms with Crippen LogP contribution in [0.1, 0.15) is 74.3 Å². The Bertz CT molecular complexity index is 2060. The first kappa shape index (κ1) is 37.9. The normalized spacial score (nSPS) is 11.2. The Morgan fingerprint density at radius 3 is 1.96 bits per heavy atom. The zero-order valence-electron chi connectivity index (χ0n) is 28.8. The van der Waals surface area contributed by atoms with Crippen LogP contribution in [-0.4, -0.2) is 31.7 Å². The van der Waals surface area contributed by atoms with Crippen LogP contribution in [0.4, 0.5) is 0 Å². The van der Waals surface area contributed by atoms with Crippen molar-refractivity contribution in [2.45, 2.75) is 59.2 Å². The Hall–Kier alpha value is -6.35. The Morgan fingerprint density at radius 1 is 0.792 bits per heavy atom. The molecule has 2 aromatic heterocycles. The highest BCUT2D eigenvalue weighted by atomic mass is 32.1. The molecule has 0 spiro atoms.